The number of rotatable bonds is 8. The Morgan fingerprint density at radius 3 is 3.00 bits per heavy atom. The van der Waals surface area contributed by atoms with Gasteiger partial charge in [-0.3, -0.25) is 0 Å². The van der Waals surface area contributed by atoms with E-state index < -0.39 is 6.10 Å². The lowest BCUT2D eigenvalue weighted by Crippen LogP contribution is -2.21. The van der Waals surface area contributed by atoms with Gasteiger partial charge in [-0.05, 0) is 46.2 Å². The summed E-state index contributed by atoms with van der Waals surface area (Å²) < 4.78 is 13.1. The molecule has 0 bridgehead atoms. The van der Waals surface area contributed by atoms with E-state index in [1.54, 1.807) is 4.68 Å². The molecule has 0 aliphatic carbocycles. The van der Waals surface area contributed by atoms with Crippen molar-refractivity contribution in [3.05, 3.63) is 42.5 Å². The number of benzene rings is 2. The molecule has 2 aromatic carbocycles. The highest BCUT2D eigenvalue weighted by molar-refractivity contribution is 7.99. The lowest BCUT2D eigenvalue weighted by atomic mass is 10.1. The van der Waals surface area contributed by atoms with Gasteiger partial charge in [0, 0.05) is 12.4 Å². The molecule has 7 nitrogen and oxygen atoms in total. The monoisotopic (exact) mass is 386 g/mol. The largest absolute Gasteiger partial charge is 0.491 e. The van der Waals surface area contributed by atoms with E-state index in [-0.39, 0.29) is 12.7 Å². The van der Waals surface area contributed by atoms with Gasteiger partial charge in [0.1, 0.15) is 12.4 Å². The smallest absolute Gasteiger partial charge is 0.209 e. The van der Waals surface area contributed by atoms with E-state index in [1.165, 1.54) is 17.1 Å². The van der Waals surface area contributed by atoms with Crippen LogP contribution >= 0.6 is 11.8 Å². The third-order valence-electron chi connectivity index (χ3n) is 4.47. The summed E-state index contributed by atoms with van der Waals surface area (Å²) in [7, 11) is 0. The van der Waals surface area contributed by atoms with Crippen molar-refractivity contribution in [2.75, 3.05) is 19.0 Å². The van der Waals surface area contributed by atoms with Gasteiger partial charge in [0.25, 0.3) is 0 Å². The van der Waals surface area contributed by atoms with E-state index >= 15 is 0 Å². The third kappa shape index (κ3) is 4.77. The molecule has 0 radical (unpaired) electrons. The lowest BCUT2D eigenvalue weighted by Gasteiger charge is -2.13. The van der Waals surface area contributed by atoms with Crippen molar-refractivity contribution in [2.45, 2.75) is 36.8 Å². The van der Waals surface area contributed by atoms with Crippen LogP contribution in [0.3, 0.4) is 0 Å². The average Bonchev–Trinajstić information content (AvgIpc) is 3.37. The van der Waals surface area contributed by atoms with Crippen molar-refractivity contribution in [3.8, 4) is 5.75 Å². The molecule has 1 N–H and O–H groups in total. The minimum atomic E-state index is -0.616. The fourth-order valence-corrected chi connectivity index (χ4v) is 3.86. The zero-order chi connectivity index (χ0) is 18.5. The second kappa shape index (κ2) is 8.69. The number of hydrogen-bond acceptors (Lipinski definition) is 7. The summed E-state index contributed by atoms with van der Waals surface area (Å²) in [4.78, 5) is 0. The molecule has 3 aromatic rings. The maximum Gasteiger partial charge on any atom is 0.209 e. The van der Waals surface area contributed by atoms with Gasteiger partial charge in [-0.2, -0.15) is 0 Å². The zero-order valence-electron chi connectivity index (χ0n) is 14.9. The average molecular weight is 386 g/mol. The van der Waals surface area contributed by atoms with Crippen LogP contribution in [0, 0.1) is 0 Å². The summed E-state index contributed by atoms with van der Waals surface area (Å²) in [5.41, 5.74) is 0. The molecule has 27 heavy (non-hydrogen) atoms. The number of aromatic nitrogens is 4. The van der Waals surface area contributed by atoms with E-state index in [9.17, 15) is 5.11 Å². The van der Waals surface area contributed by atoms with E-state index in [1.807, 2.05) is 36.4 Å². The van der Waals surface area contributed by atoms with Crippen LogP contribution in [0.5, 0.6) is 5.75 Å². The van der Waals surface area contributed by atoms with Crippen LogP contribution < -0.4 is 4.74 Å². The van der Waals surface area contributed by atoms with Crippen molar-refractivity contribution < 1.29 is 14.6 Å². The van der Waals surface area contributed by atoms with Crippen molar-refractivity contribution >= 4 is 22.5 Å². The fourth-order valence-electron chi connectivity index (χ4n) is 3.06. The Hall–Kier alpha value is -2.16. The van der Waals surface area contributed by atoms with Crippen LogP contribution in [0.15, 0.2) is 47.6 Å². The van der Waals surface area contributed by atoms with Gasteiger partial charge in [0.2, 0.25) is 5.16 Å². The van der Waals surface area contributed by atoms with Crippen molar-refractivity contribution in [1.29, 1.82) is 0 Å². The van der Waals surface area contributed by atoms with Crippen LogP contribution in [0.2, 0.25) is 0 Å². The summed E-state index contributed by atoms with van der Waals surface area (Å²) in [6.07, 6.45) is 1.68. The first-order chi connectivity index (χ1) is 13.3. The molecule has 0 unspecified atom stereocenters. The summed E-state index contributed by atoms with van der Waals surface area (Å²) >= 11 is 1.42. The molecular weight excluding hydrogens is 364 g/mol. The number of aliphatic hydroxyl groups is 1. The maximum atomic E-state index is 10.2. The molecule has 1 fully saturated rings. The van der Waals surface area contributed by atoms with Gasteiger partial charge in [-0.1, -0.05) is 42.1 Å². The van der Waals surface area contributed by atoms with E-state index in [2.05, 4.69) is 21.6 Å². The van der Waals surface area contributed by atoms with Crippen LogP contribution in [-0.2, 0) is 11.3 Å². The summed E-state index contributed by atoms with van der Waals surface area (Å²) in [6.45, 7) is 1.68. The molecule has 1 saturated heterocycles. The molecule has 0 saturated carbocycles. The number of ether oxygens (including phenoxy) is 2. The van der Waals surface area contributed by atoms with Crippen LogP contribution in [-0.4, -0.2) is 56.5 Å². The number of hydrogen-bond donors (Lipinski definition) is 1. The van der Waals surface area contributed by atoms with Gasteiger partial charge < -0.3 is 14.6 Å². The standard InChI is InChI=1S/C19H22N4O3S/c24-16(12-26-17-8-7-14-4-1-2-5-15(14)10-17)13-27-19-20-21-22-23(19)11-18-6-3-9-25-18/h1-2,4-5,7-8,10,16,18,24H,3,6,9,11-13H2/t16-,18+/m0/s1. The molecule has 8 heteroatoms. The van der Waals surface area contributed by atoms with Gasteiger partial charge in [-0.25, -0.2) is 4.68 Å². The first-order valence-electron chi connectivity index (χ1n) is 9.08. The molecule has 1 aliphatic rings. The Balaban J connectivity index is 1.27. The van der Waals surface area contributed by atoms with Crippen molar-refractivity contribution in [2.24, 2.45) is 0 Å². The minimum absolute atomic E-state index is 0.175. The highest BCUT2D eigenvalue weighted by Crippen LogP contribution is 2.22. The first-order valence-corrected chi connectivity index (χ1v) is 10.1. The molecule has 1 aliphatic heterocycles. The summed E-state index contributed by atoms with van der Waals surface area (Å²) in [5.74, 6) is 1.21. The number of tetrazole rings is 1. The molecular formula is C19H22N4O3S. The first kappa shape index (κ1) is 18.2. The SMILES string of the molecule is O[C@@H](COc1ccc2ccccc2c1)CSc1nnnn1C[C@H]1CCCO1. The van der Waals surface area contributed by atoms with Gasteiger partial charge in [0.05, 0.1) is 18.8 Å². The van der Waals surface area contributed by atoms with Crippen LogP contribution in [0.1, 0.15) is 12.8 Å². The van der Waals surface area contributed by atoms with E-state index in [0.29, 0.717) is 17.5 Å². The van der Waals surface area contributed by atoms with Crippen LogP contribution in [0.4, 0.5) is 0 Å². The number of thioether (sulfide) groups is 1. The molecule has 1 aromatic heterocycles. The van der Waals surface area contributed by atoms with Crippen molar-refractivity contribution in [3.63, 3.8) is 0 Å². The number of nitrogens with zero attached hydrogens (tertiary/aromatic N) is 4. The third-order valence-corrected chi connectivity index (χ3v) is 5.57. The number of aliphatic hydroxyl groups excluding tert-OH is 1. The topological polar surface area (TPSA) is 82.3 Å². The van der Waals surface area contributed by atoms with Crippen LogP contribution in [0.25, 0.3) is 10.8 Å². The summed E-state index contributed by atoms with van der Waals surface area (Å²) in [5, 5.41) is 25.0. The Kier molecular flexibility index (Phi) is 5.86. The minimum Gasteiger partial charge on any atom is -0.491 e. The molecule has 0 amide bonds. The van der Waals surface area contributed by atoms with E-state index in [0.717, 1.165) is 30.6 Å². The predicted molar refractivity (Wildman–Crippen MR) is 103 cm³/mol. The Morgan fingerprint density at radius 1 is 1.26 bits per heavy atom. The fraction of sp³-hybridized carbons (Fsp3) is 0.421. The van der Waals surface area contributed by atoms with Gasteiger partial charge >= 0.3 is 0 Å². The molecule has 4 rings (SSSR count). The normalized spacial score (nSPS) is 18.0. The Bertz CT molecular complexity index is 882. The Labute approximate surface area is 161 Å². The molecule has 2 atom stereocenters. The van der Waals surface area contributed by atoms with Gasteiger partial charge in [-0.15, -0.1) is 5.10 Å². The highest BCUT2D eigenvalue weighted by atomic mass is 32.2. The maximum absolute atomic E-state index is 10.2. The summed E-state index contributed by atoms with van der Waals surface area (Å²) in [6, 6.07) is 14.0. The van der Waals surface area contributed by atoms with Gasteiger partial charge in [0.15, 0.2) is 0 Å². The zero-order valence-corrected chi connectivity index (χ0v) is 15.7. The molecule has 142 valence electrons. The molecule has 0 spiro atoms. The number of fused-ring (bicyclic) bond motifs is 1. The molecule has 2 heterocycles. The highest BCUT2D eigenvalue weighted by Gasteiger charge is 2.19. The predicted octanol–water partition coefficient (Wildman–Crippen LogP) is 2.54. The second-order valence-corrected chi connectivity index (χ2v) is 7.55. The second-order valence-electron chi connectivity index (χ2n) is 6.56. The van der Waals surface area contributed by atoms with Crippen molar-refractivity contribution in [1.82, 2.24) is 20.2 Å². The quantitative estimate of drug-likeness (QED) is 0.596. The Morgan fingerprint density at radius 2 is 2.15 bits per heavy atom. The lowest BCUT2D eigenvalue weighted by molar-refractivity contribution is 0.0911. The van der Waals surface area contributed by atoms with E-state index in [4.69, 9.17) is 9.47 Å².